The van der Waals surface area contributed by atoms with E-state index in [2.05, 4.69) is 14.9 Å². The molecule has 3 atom stereocenters. The molecule has 0 saturated carbocycles. The number of hydrogen-bond donors (Lipinski definition) is 0. The van der Waals surface area contributed by atoms with Gasteiger partial charge in [-0.1, -0.05) is 23.2 Å². The molecule has 3 unspecified atom stereocenters. The highest BCUT2D eigenvalue weighted by Gasteiger charge is 2.77. The Labute approximate surface area is 244 Å². The minimum atomic E-state index is -4.73. The van der Waals surface area contributed by atoms with Gasteiger partial charge in [0.2, 0.25) is 12.1 Å². The number of fused-ring (bicyclic) bond motifs is 3. The molecule has 0 aliphatic carbocycles. The van der Waals surface area contributed by atoms with Crippen LogP contribution in [0.15, 0.2) is 12.1 Å². The number of nitrogens with zero attached hydrogens (tertiary/aromatic N) is 6. The molecular weight excluding hydrogens is 588 g/mol. The van der Waals surface area contributed by atoms with Crippen molar-refractivity contribution in [2.45, 2.75) is 31.9 Å². The van der Waals surface area contributed by atoms with Crippen molar-refractivity contribution < 1.29 is 36.7 Å². The summed E-state index contributed by atoms with van der Waals surface area (Å²) in [5.74, 6) is 0.0111. The van der Waals surface area contributed by atoms with Gasteiger partial charge in [0.1, 0.15) is 24.4 Å². The number of ether oxygens (including phenoxy) is 2. The maximum Gasteiger partial charge on any atom is 0.436 e. The van der Waals surface area contributed by atoms with Gasteiger partial charge in [0.05, 0.1) is 48.3 Å². The zero-order chi connectivity index (χ0) is 29.3. The minimum Gasteiger partial charge on any atom is -0.495 e. The van der Waals surface area contributed by atoms with E-state index in [9.17, 15) is 22.8 Å². The van der Waals surface area contributed by atoms with Crippen molar-refractivity contribution in [1.82, 2.24) is 19.6 Å². The fourth-order valence-corrected chi connectivity index (χ4v) is 7.00. The number of morpholine rings is 1. The first-order valence-electron chi connectivity index (χ1n) is 13.4. The van der Waals surface area contributed by atoms with Crippen LogP contribution in [0.3, 0.4) is 0 Å². The van der Waals surface area contributed by atoms with Crippen LogP contribution in [0.5, 0.6) is 5.75 Å². The molecule has 41 heavy (non-hydrogen) atoms. The number of anilines is 1. The molecule has 10 nitrogen and oxygen atoms in total. The van der Waals surface area contributed by atoms with E-state index >= 15 is 0 Å². The summed E-state index contributed by atoms with van der Waals surface area (Å²) in [5.41, 5.74) is 0.0928. The van der Waals surface area contributed by atoms with Crippen molar-refractivity contribution in [3.05, 3.63) is 39.1 Å². The summed E-state index contributed by atoms with van der Waals surface area (Å²) in [6, 6.07) is 3.23. The number of aromatic nitrogens is 2. The molecule has 3 fully saturated rings. The number of carbonyl (C=O) groups is 2. The summed E-state index contributed by atoms with van der Waals surface area (Å²) in [6.07, 6.45) is -4.90. The summed E-state index contributed by atoms with van der Waals surface area (Å²) in [6.45, 7) is 6.14. The van der Waals surface area contributed by atoms with Crippen molar-refractivity contribution in [2.75, 3.05) is 71.0 Å². The van der Waals surface area contributed by atoms with Gasteiger partial charge < -0.3 is 19.3 Å². The molecule has 3 saturated heterocycles. The lowest BCUT2D eigenvalue weighted by molar-refractivity contribution is -0.741. The average Bonchev–Trinajstić information content (AvgIpc) is 3.56. The second-order valence-electron chi connectivity index (χ2n) is 10.8. The molecule has 0 spiro atoms. The second kappa shape index (κ2) is 10.3. The third kappa shape index (κ3) is 4.66. The van der Waals surface area contributed by atoms with E-state index in [1.54, 1.807) is 17.0 Å². The van der Waals surface area contributed by atoms with Gasteiger partial charge in [0.25, 0.3) is 0 Å². The molecule has 1 aromatic heterocycles. The van der Waals surface area contributed by atoms with Crippen LogP contribution < -0.4 is 9.64 Å². The van der Waals surface area contributed by atoms with Crippen LogP contribution in [0.2, 0.25) is 10.0 Å². The van der Waals surface area contributed by atoms with Gasteiger partial charge >= 0.3 is 12.1 Å². The largest absolute Gasteiger partial charge is 0.495 e. The van der Waals surface area contributed by atoms with Gasteiger partial charge in [0, 0.05) is 38.8 Å². The van der Waals surface area contributed by atoms with Gasteiger partial charge in [-0.05, 0) is 13.0 Å². The Hall–Kier alpha value is -2.58. The summed E-state index contributed by atoms with van der Waals surface area (Å²) in [7, 11) is 1.51. The van der Waals surface area contributed by atoms with Gasteiger partial charge in [0.15, 0.2) is 11.7 Å². The van der Waals surface area contributed by atoms with E-state index in [0.717, 1.165) is 17.8 Å². The van der Waals surface area contributed by atoms with Crippen molar-refractivity contribution in [2.24, 2.45) is 0 Å². The zero-order valence-corrected chi connectivity index (χ0v) is 24.1. The van der Waals surface area contributed by atoms with Crippen LogP contribution in [-0.2, 0) is 22.3 Å². The topological polar surface area (TPSA) is 80.1 Å². The number of quaternary nitrogens is 1. The van der Waals surface area contributed by atoms with E-state index in [4.69, 9.17) is 32.7 Å². The molecule has 0 N–H and O–H groups in total. The highest BCUT2D eigenvalue weighted by Crippen LogP contribution is 2.53. The van der Waals surface area contributed by atoms with Crippen LogP contribution in [0.1, 0.15) is 21.7 Å². The number of rotatable bonds is 6. The van der Waals surface area contributed by atoms with E-state index in [0.29, 0.717) is 61.4 Å². The van der Waals surface area contributed by atoms with Crippen LogP contribution in [0, 0.1) is 6.92 Å². The van der Waals surface area contributed by atoms with E-state index in [1.165, 1.54) is 14.0 Å². The van der Waals surface area contributed by atoms with Crippen molar-refractivity contribution in [3.63, 3.8) is 0 Å². The summed E-state index contributed by atoms with van der Waals surface area (Å²) >= 11 is 12.3. The van der Waals surface area contributed by atoms with Crippen LogP contribution in [0.4, 0.5) is 18.9 Å². The second-order valence-corrected chi connectivity index (χ2v) is 11.6. The van der Waals surface area contributed by atoms with Crippen LogP contribution in [-0.4, -0.2) is 114 Å². The zero-order valence-electron chi connectivity index (χ0n) is 22.6. The average molecular weight is 618 g/mol. The predicted molar refractivity (Wildman–Crippen MR) is 143 cm³/mol. The highest BCUT2D eigenvalue weighted by molar-refractivity contribution is 6.32. The Kier molecular flexibility index (Phi) is 7.17. The Morgan fingerprint density at radius 1 is 1.20 bits per heavy atom. The lowest BCUT2D eigenvalue weighted by Crippen LogP contribution is -2.54. The van der Waals surface area contributed by atoms with Gasteiger partial charge in [-0.25, -0.2) is 9.28 Å². The molecule has 1 aromatic carbocycles. The highest BCUT2D eigenvalue weighted by atomic mass is 35.5. The van der Waals surface area contributed by atoms with Gasteiger partial charge in [-0.2, -0.15) is 18.3 Å². The number of carbonyl (C=O) groups excluding carboxylic acids is 2. The molecule has 5 heterocycles. The Morgan fingerprint density at radius 2 is 1.93 bits per heavy atom. The van der Waals surface area contributed by atoms with Crippen molar-refractivity contribution in [3.8, 4) is 5.75 Å². The SMILES string of the molecule is COc1cc2c(cc1Cl)C(=O)[N+]1(CCN3CCOCC3)C3CN(C(=O)Cn4nc(C(F)(F)F)c(Cl)c4C)CCN2C31. The maximum atomic E-state index is 14.2. The van der Waals surface area contributed by atoms with E-state index in [-0.39, 0.29) is 47.3 Å². The Balaban J connectivity index is 1.29. The lowest BCUT2D eigenvalue weighted by Gasteiger charge is -2.36. The maximum absolute atomic E-state index is 14.2. The number of methoxy groups -OCH3 is 1. The first kappa shape index (κ1) is 28.5. The molecule has 2 amide bonds. The van der Waals surface area contributed by atoms with E-state index in [1.807, 2.05) is 0 Å². The molecule has 0 radical (unpaired) electrons. The number of amides is 2. The summed E-state index contributed by atoms with van der Waals surface area (Å²) < 4.78 is 52.1. The molecule has 2 aromatic rings. The first-order valence-corrected chi connectivity index (χ1v) is 14.2. The van der Waals surface area contributed by atoms with Crippen molar-refractivity contribution >= 4 is 40.7 Å². The fraction of sp³-hybridized carbons (Fsp3) is 0.577. The number of benzene rings is 1. The smallest absolute Gasteiger partial charge is 0.436 e. The molecular formula is C26H30Cl2F3N6O4+. The minimum absolute atomic E-state index is 0.0529. The lowest BCUT2D eigenvalue weighted by atomic mass is 10.1. The first-order chi connectivity index (χ1) is 19.5. The van der Waals surface area contributed by atoms with Gasteiger partial charge in [-0.3, -0.25) is 14.4 Å². The molecule has 222 valence electrons. The number of hydrogen-bond acceptors (Lipinski definition) is 7. The summed E-state index contributed by atoms with van der Waals surface area (Å²) in [4.78, 5) is 33.7. The quantitative estimate of drug-likeness (QED) is 0.364. The Morgan fingerprint density at radius 3 is 2.59 bits per heavy atom. The fourth-order valence-electron chi connectivity index (χ4n) is 6.52. The van der Waals surface area contributed by atoms with Crippen molar-refractivity contribution in [1.29, 1.82) is 0 Å². The summed E-state index contributed by atoms with van der Waals surface area (Å²) in [5, 5.41) is 3.43. The number of alkyl halides is 3. The van der Waals surface area contributed by atoms with Gasteiger partial charge in [-0.15, -0.1) is 0 Å². The predicted octanol–water partition coefficient (Wildman–Crippen LogP) is 2.89. The molecule has 15 heteroatoms. The molecule has 4 aliphatic rings. The Bertz CT molecular complexity index is 1400. The molecule has 4 aliphatic heterocycles. The third-order valence-electron chi connectivity index (χ3n) is 8.77. The standard InChI is InChI=1S/C26H30Cl2F3N6O4/c1-15-22(28)23(26(29,30)31)32-36(15)14-21(38)34-3-4-35-18-12-20(40-2)17(27)11-16(18)25(39)37(19(13-34)24(35)37)8-5-33-6-9-41-10-7-33/h11-12,19,24H,3-10,13-14H2,1-2H3/q+1. The monoisotopic (exact) mass is 617 g/mol. The normalized spacial score (nSPS) is 26.0. The third-order valence-corrected chi connectivity index (χ3v) is 9.52. The van der Waals surface area contributed by atoms with Crippen LogP contribution >= 0.6 is 23.2 Å². The molecule has 6 rings (SSSR count). The van der Waals surface area contributed by atoms with E-state index < -0.39 is 16.9 Å². The molecule has 0 bridgehead atoms. The number of halogens is 5. The van der Waals surface area contributed by atoms with Crippen LogP contribution in [0.25, 0.3) is 0 Å².